The molecule has 11 heteroatoms. The number of ether oxygens (including phenoxy) is 1. The molecule has 1 aliphatic heterocycles. The molecule has 138 valence electrons. The molecule has 1 fully saturated rings. The van der Waals surface area contributed by atoms with Crippen LogP contribution in [0.2, 0.25) is 0 Å². The zero-order chi connectivity index (χ0) is 19.0. The summed E-state index contributed by atoms with van der Waals surface area (Å²) in [5, 5.41) is 30.5. The van der Waals surface area contributed by atoms with Gasteiger partial charge < -0.3 is 20.7 Å². The lowest BCUT2D eigenvalue weighted by atomic mass is 10.1. The molecule has 0 amide bonds. The van der Waals surface area contributed by atoms with Crippen LogP contribution in [0, 0.1) is 11.3 Å². The number of aliphatic hydroxyl groups excluding tert-OH is 2. The van der Waals surface area contributed by atoms with E-state index in [2.05, 4.69) is 26.0 Å². The van der Waals surface area contributed by atoms with Crippen LogP contribution < -0.4 is 5.73 Å². The van der Waals surface area contributed by atoms with Crippen molar-refractivity contribution in [3.63, 3.8) is 0 Å². The van der Waals surface area contributed by atoms with E-state index in [1.807, 2.05) is 0 Å². The first-order valence-corrected chi connectivity index (χ1v) is 9.01. The van der Waals surface area contributed by atoms with E-state index in [9.17, 15) is 10.2 Å². The van der Waals surface area contributed by atoms with Crippen LogP contribution in [0.5, 0.6) is 0 Å². The second-order valence-corrected chi connectivity index (χ2v) is 6.92. The first-order chi connectivity index (χ1) is 13.1. The van der Waals surface area contributed by atoms with Gasteiger partial charge in [-0.1, -0.05) is 0 Å². The van der Waals surface area contributed by atoms with Crippen molar-refractivity contribution in [1.29, 1.82) is 5.26 Å². The smallest absolute Gasteiger partial charge is 0.167 e. The van der Waals surface area contributed by atoms with E-state index in [1.165, 1.54) is 29.0 Å². The summed E-state index contributed by atoms with van der Waals surface area (Å²) < 4.78 is 7.39. The van der Waals surface area contributed by atoms with Gasteiger partial charge in [0.15, 0.2) is 17.7 Å². The number of aromatic nitrogens is 5. The predicted molar refractivity (Wildman–Crippen MR) is 95.3 cm³/mol. The molecular formula is C16H15N7O3S. The summed E-state index contributed by atoms with van der Waals surface area (Å²) in [5.41, 5.74) is 7.03. The van der Waals surface area contributed by atoms with E-state index in [0.29, 0.717) is 27.5 Å². The third kappa shape index (κ3) is 3.08. The Bertz CT molecular complexity index is 1020. The first-order valence-electron chi connectivity index (χ1n) is 8.02. The zero-order valence-electron chi connectivity index (χ0n) is 13.9. The molecule has 0 radical (unpaired) electrons. The average Bonchev–Trinajstić information content (AvgIpc) is 3.23. The van der Waals surface area contributed by atoms with E-state index >= 15 is 0 Å². The molecule has 10 nitrogen and oxygen atoms in total. The summed E-state index contributed by atoms with van der Waals surface area (Å²) in [6.45, 7) is 0. The third-order valence-corrected chi connectivity index (χ3v) is 5.37. The second-order valence-electron chi connectivity index (χ2n) is 5.91. The van der Waals surface area contributed by atoms with Crippen LogP contribution in [0.25, 0.3) is 11.2 Å². The highest BCUT2D eigenvalue weighted by molar-refractivity contribution is 7.99. The lowest BCUT2D eigenvalue weighted by Crippen LogP contribution is -2.32. The van der Waals surface area contributed by atoms with E-state index in [4.69, 9.17) is 15.7 Å². The lowest BCUT2D eigenvalue weighted by Gasteiger charge is -2.16. The first kappa shape index (κ1) is 17.6. The highest BCUT2D eigenvalue weighted by Gasteiger charge is 2.44. The van der Waals surface area contributed by atoms with Crippen LogP contribution >= 0.6 is 11.8 Å². The van der Waals surface area contributed by atoms with Gasteiger partial charge in [0.25, 0.3) is 0 Å². The molecule has 0 aromatic carbocycles. The van der Waals surface area contributed by atoms with Crippen molar-refractivity contribution in [3.05, 3.63) is 36.5 Å². The normalized spacial score (nSPS) is 24.9. The van der Waals surface area contributed by atoms with Crippen LogP contribution in [-0.4, -0.2) is 58.8 Å². The Morgan fingerprint density at radius 3 is 2.93 bits per heavy atom. The molecule has 1 saturated heterocycles. The summed E-state index contributed by atoms with van der Waals surface area (Å²) in [7, 11) is 0. The number of anilines is 1. The number of thioether (sulfide) groups is 1. The standard InChI is InChI=1S/C16H15N7O3S/c17-4-8-2-1-3-19-15(8)27-5-9-11(24)12(25)16(26-9)23-7-22-10-13(18)20-6-21-14(10)23/h1-3,6-7,9,11-12,16,24-25H,5H2,(H2,18,20,21)/t9-,11-,12-,16-/m1/s1. The minimum atomic E-state index is -1.18. The number of hydrogen-bond acceptors (Lipinski definition) is 10. The fourth-order valence-electron chi connectivity index (χ4n) is 2.90. The molecule has 4 atom stereocenters. The molecule has 3 aromatic rings. The Morgan fingerprint density at radius 2 is 2.11 bits per heavy atom. The molecule has 0 aliphatic carbocycles. The van der Waals surface area contributed by atoms with Crippen molar-refractivity contribution in [1.82, 2.24) is 24.5 Å². The number of pyridine rings is 1. The average molecular weight is 385 g/mol. The number of nitrogen functional groups attached to an aromatic ring is 1. The molecule has 1 aliphatic rings. The highest BCUT2D eigenvalue weighted by atomic mass is 32.2. The maximum atomic E-state index is 10.5. The molecule has 0 saturated carbocycles. The van der Waals surface area contributed by atoms with Crippen molar-refractivity contribution >= 4 is 28.7 Å². The van der Waals surface area contributed by atoms with Gasteiger partial charge in [0.1, 0.15) is 35.1 Å². The number of hydrogen-bond donors (Lipinski definition) is 3. The Kier molecular flexibility index (Phi) is 4.63. The van der Waals surface area contributed by atoms with Crippen LogP contribution in [0.3, 0.4) is 0 Å². The number of fused-ring (bicyclic) bond motifs is 1. The minimum absolute atomic E-state index is 0.220. The molecule has 0 unspecified atom stereocenters. The molecule has 0 spiro atoms. The molecule has 3 aromatic heterocycles. The quantitative estimate of drug-likeness (QED) is 0.526. The number of imidazole rings is 1. The number of nitriles is 1. The van der Waals surface area contributed by atoms with Crippen LogP contribution in [-0.2, 0) is 4.74 Å². The summed E-state index contributed by atoms with van der Waals surface area (Å²) in [4.78, 5) is 16.3. The van der Waals surface area contributed by atoms with Crippen molar-refractivity contribution in [2.75, 3.05) is 11.5 Å². The molecular weight excluding hydrogens is 370 g/mol. The Balaban J connectivity index is 1.54. The number of nitrogens with two attached hydrogens (primary N) is 1. The van der Waals surface area contributed by atoms with Crippen molar-refractivity contribution < 1.29 is 14.9 Å². The Labute approximate surface area is 157 Å². The van der Waals surface area contributed by atoms with Gasteiger partial charge in [0, 0.05) is 11.9 Å². The van der Waals surface area contributed by atoms with Crippen molar-refractivity contribution in [3.8, 4) is 6.07 Å². The number of aliphatic hydroxyl groups is 2. The molecule has 0 bridgehead atoms. The van der Waals surface area contributed by atoms with Gasteiger partial charge in [-0.05, 0) is 12.1 Å². The van der Waals surface area contributed by atoms with Gasteiger partial charge in [0.05, 0.1) is 18.0 Å². The fourth-order valence-corrected chi connectivity index (χ4v) is 3.91. The predicted octanol–water partition coefficient (Wildman–Crippen LogP) is 0.0867. The van der Waals surface area contributed by atoms with Crippen LogP contribution in [0.15, 0.2) is 36.0 Å². The second kappa shape index (κ2) is 7.09. The van der Waals surface area contributed by atoms with Gasteiger partial charge in [-0.2, -0.15) is 5.26 Å². The summed E-state index contributed by atoms with van der Waals surface area (Å²) in [6, 6.07) is 5.42. The topological polar surface area (TPSA) is 156 Å². The monoisotopic (exact) mass is 385 g/mol. The Hall–Kier alpha value is -2.78. The molecule has 4 rings (SSSR count). The SMILES string of the molecule is N#Cc1cccnc1SC[C@H]1O[C@@H](n2cnc3c(N)ncnc32)[C@H](O)[C@@H]1O. The van der Waals surface area contributed by atoms with E-state index in [0.717, 1.165) is 0 Å². The number of nitrogens with zero attached hydrogens (tertiary/aromatic N) is 6. The van der Waals surface area contributed by atoms with E-state index in [-0.39, 0.29) is 5.82 Å². The summed E-state index contributed by atoms with van der Waals surface area (Å²) in [5.74, 6) is 0.530. The lowest BCUT2D eigenvalue weighted by molar-refractivity contribution is -0.0289. The van der Waals surface area contributed by atoms with Gasteiger partial charge in [-0.3, -0.25) is 4.57 Å². The van der Waals surface area contributed by atoms with E-state index in [1.54, 1.807) is 18.3 Å². The zero-order valence-corrected chi connectivity index (χ0v) is 14.7. The highest BCUT2D eigenvalue weighted by Crippen LogP contribution is 2.34. The minimum Gasteiger partial charge on any atom is -0.387 e. The van der Waals surface area contributed by atoms with Crippen molar-refractivity contribution in [2.45, 2.75) is 29.6 Å². The molecule has 4 N–H and O–H groups in total. The van der Waals surface area contributed by atoms with Crippen LogP contribution in [0.1, 0.15) is 11.8 Å². The number of rotatable bonds is 4. The maximum Gasteiger partial charge on any atom is 0.167 e. The fraction of sp³-hybridized carbons (Fsp3) is 0.312. The van der Waals surface area contributed by atoms with Gasteiger partial charge in [-0.15, -0.1) is 11.8 Å². The summed E-state index contributed by atoms with van der Waals surface area (Å²) >= 11 is 1.28. The van der Waals surface area contributed by atoms with Crippen molar-refractivity contribution in [2.24, 2.45) is 0 Å². The maximum absolute atomic E-state index is 10.5. The Morgan fingerprint density at radius 1 is 1.26 bits per heavy atom. The van der Waals surface area contributed by atoms with Crippen LogP contribution in [0.4, 0.5) is 5.82 Å². The summed E-state index contributed by atoms with van der Waals surface area (Å²) in [6.07, 6.45) is 0.499. The largest absolute Gasteiger partial charge is 0.387 e. The molecule has 27 heavy (non-hydrogen) atoms. The third-order valence-electron chi connectivity index (χ3n) is 4.27. The van der Waals surface area contributed by atoms with Gasteiger partial charge in [0.2, 0.25) is 0 Å². The molecule has 4 heterocycles. The van der Waals surface area contributed by atoms with Gasteiger partial charge >= 0.3 is 0 Å². The van der Waals surface area contributed by atoms with Gasteiger partial charge in [-0.25, -0.2) is 19.9 Å². The van der Waals surface area contributed by atoms with E-state index < -0.39 is 24.5 Å².